The predicted molar refractivity (Wildman–Crippen MR) is 80.1 cm³/mol. The average molecular weight is 296 g/mol. The maximum atomic E-state index is 6.10. The maximum Gasteiger partial charge on any atom is 0.135 e. The van der Waals surface area contributed by atoms with E-state index in [2.05, 4.69) is 36.1 Å². The summed E-state index contributed by atoms with van der Waals surface area (Å²) in [4.78, 5) is 13.3. The lowest BCUT2D eigenvalue weighted by atomic mass is 9.93. The van der Waals surface area contributed by atoms with Gasteiger partial charge in [-0.2, -0.15) is 0 Å². The summed E-state index contributed by atoms with van der Waals surface area (Å²) in [6, 6.07) is 0. The van der Waals surface area contributed by atoms with Gasteiger partial charge in [0, 0.05) is 22.8 Å². The van der Waals surface area contributed by atoms with Crippen LogP contribution in [0.4, 0.5) is 0 Å². The molecule has 0 fully saturated rings. The highest BCUT2D eigenvalue weighted by Gasteiger charge is 2.18. The summed E-state index contributed by atoms with van der Waals surface area (Å²) in [7, 11) is 0. The van der Waals surface area contributed by atoms with Crippen molar-refractivity contribution in [2.24, 2.45) is 0 Å². The topological polar surface area (TPSA) is 38.7 Å². The van der Waals surface area contributed by atoms with Gasteiger partial charge >= 0.3 is 0 Å². The molecule has 2 rings (SSSR count). The minimum Gasteiger partial charge on any atom is -0.245 e. The highest BCUT2D eigenvalue weighted by Crippen LogP contribution is 2.26. The first-order valence-corrected chi connectivity index (χ1v) is 7.47. The van der Waals surface area contributed by atoms with Crippen LogP contribution in [-0.2, 0) is 11.8 Å². The first-order chi connectivity index (χ1) is 8.77. The second-order valence-electron chi connectivity index (χ2n) is 5.69. The van der Waals surface area contributed by atoms with E-state index in [1.165, 1.54) is 0 Å². The normalized spacial score (nSPS) is 11.9. The van der Waals surface area contributed by atoms with Crippen LogP contribution >= 0.6 is 22.9 Å². The van der Waals surface area contributed by atoms with Gasteiger partial charge in [0.05, 0.1) is 16.4 Å². The molecule has 0 saturated heterocycles. The van der Waals surface area contributed by atoms with Crippen molar-refractivity contribution in [2.45, 2.75) is 46.5 Å². The Morgan fingerprint density at radius 1 is 1.16 bits per heavy atom. The zero-order valence-electron chi connectivity index (χ0n) is 11.9. The Morgan fingerprint density at radius 2 is 1.84 bits per heavy atom. The van der Waals surface area contributed by atoms with Gasteiger partial charge in [-0.25, -0.2) is 15.0 Å². The third kappa shape index (κ3) is 3.31. The van der Waals surface area contributed by atoms with Crippen molar-refractivity contribution in [3.8, 4) is 0 Å². The highest BCUT2D eigenvalue weighted by molar-refractivity contribution is 7.09. The lowest BCUT2D eigenvalue weighted by Crippen LogP contribution is -2.11. The Morgan fingerprint density at radius 3 is 2.42 bits per heavy atom. The van der Waals surface area contributed by atoms with Crippen molar-refractivity contribution in [1.82, 2.24) is 15.0 Å². The third-order valence-corrected chi connectivity index (χ3v) is 4.15. The van der Waals surface area contributed by atoms with E-state index in [1.807, 2.05) is 13.8 Å². The van der Waals surface area contributed by atoms with E-state index >= 15 is 0 Å². The van der Waals surface area contributed by atoms with Crippen LogP contribution in [0.5, 0.6) is 0 Å². The van der Waals surface area contributed by atoms with Crippen LogP contribution in [0, 0.1) is 13.8 Å². The highest BCUT2D eigenvalue weighted by atomic mass is 35.5. The van der Waals surface area contributed by atoms with Crippen molar-refractivity contribution >= 4 is 22.9 Å². The number of thiazole rings is 1. The maximum absolute atomic E-state index is 6.10. The lowest BCUT2D eigenvalue weighted by Gasteiger charge is -2.14. The molecule has 0 bridgehead atoms. The first-order valence-electron chi connectivity index (χ1n) is 6.22. The molecule has 2 heterocycles. The van der Waals surface area contributed by atoms with E-state index in [1.54, 1.807) is 11.3 Å². The van der Waals surface area contributed by atoms with Crippen molar-refractivity contribution < 1.29 is 0 Å². The quantitative estimate of drug-likeness (QED) is 0.783. The number of hydrogen-bond acceptors (Lipinski definition) is 4. The number of rotatable bonds is 2. The summed E-state index contributed by atoms with van der Waals surface area (Å²) in [5, 5.41) is 3.73. The molecule has 0 radical (unpaired) electrons. The summed E-state index contributed by atoms with van der Waals surface area (Å²) < 4.78 is 0. The van der Waals surface area contributed by atoms with Gasteiger partial charge in [-0.3, -0.25) is 0 Å². The van der Waals surface area contributed by atoms with Crippen molar-refractivity contribution in [3.05, 3.63) is 38.3 Å². The summed E-state index contributed by atoms with van der Waals surface area (Å²) in [6.45, 7) is 10.3. The fourth-order valence-corrected chi connectivity index (χ4v) is 2.96. The van der Waals surface area contributed by atoms with Crippen molar-refractivity contribution in [2.75, 3.05) is 0 Å². The molecule has 0 aliphatic carbocycles. The molecule has 102 valence electrons. The monoisotopic (exact) mass is 295 g/mol. The smallest absolute Gasteiger partial charge is 0.135 e. The van der Waals surface area contributed by atoms with Gasteiger partial charge in [-0.1, -0.05) is 32.4 Å². The molecule has 0 amide bonds. The summed E-state index contributed by atoms with van der Waals surface area (Å²) >= 11 is 7.77. The van der Waals surface area contributed by atoms with E-state index in [0.29, 0.717) is 11.0 Å². The Kier molecular flexibility index (Phi) is 3.92. The Labute approximate surface area is 123 Å². The van der Waals surface area contributed by atoms with Crippen molar-refractivity contribution in [1.29, 1.82) is 0 Å². The molecule has 19 heavy (non-hydrogen) atoms. The summed E-state index contributed by atoms with van der Waals surface area (Å²) in [6.07, 6.45) is 0.718. The molecular weight excluding hydrogens is 278 g/mol. The number of halogens is 1. The van der Waals surface area contributed by atoms with E-state index in [0.717, 1.165) is 28.4 Å². The van der Waals surface area contributed by atoms with Crippen LogP contribution in [0.1, 0.15) is 48.6 Å². The van der Waals surface area contributed by atoms with Gasteiger partial charge in [0.1, 0.15) is 11.0 Å². The minimum atomic E-state index is 0.0863. The predicted octanol–water partition coefficient (Wildman–Crippen LogP) is 4.09. The lowest BCUT2D eigenvalue weighted by molar-refractivity contribution is 0.571. The van der Waals surface area contributed by atoms with Crippen LogP contribution in [0.3, 0.4) is 0 Å². The average Bonchev–Trinajstić information content (AvgIpc) is 2.73. The summed E-state index contributed by atoms with van der Waals surface area (Å²) in [5.41, 5.74) is 3.12. The summed E-state index contributed by atoms with van der Waals surface area (Å²) in [5.74, 6) is 0.707. The van der Waals surface area contributed by atoms with Crippen LogP contribution in [0.2, 0.25) is 5.15 Å². The molecule has 5 heteroatoms. The van der Waals surface area contributed by atoms with E-state index in [9.17, 15) is 0 Å². The van der Waals surface area contributed by atoms with E-state index in [4.69, 9.17) is 16.6 Å². The second kappa shape index (κ2) is 5.17. The van der Waals surface area contributed by atoms with Crippen LogP contribution in [0.15, 0.2) is 5.38 Å². The Hall–Kier alpha value is -1.00. The van der Waals surface area contributed by atoms with Crippen LogP contribution in [-0.4, -0.2) is 15.0 Å². The molecule has 0 aliphatic rings. The molecular formula is C14H18ClN3S. The molecule has 2 aromatic heterocycles. The van der Waals surface area contributed by atoms with Gasteiger partial charge < -0.3 is 0 Å². The molecule has 0 spiro atoms. The van der Waals surface area contributed by atoms with Crippen LogP contribution < -0.4 is 0 Å². The molecule has 0 aromatic carbocycles. The zero-order valence-corrected chi connectivity index (χ0v) is 13.5. The fourth-order valence-electron chi connectivity index (χ4n) is 1.70. The van der Waals surface area contributed by atoms with Crippen molar-refractivity contribution in [3.63, 3.8) is 0 Å². The van der Waals surface area contributed by atoms with Gasteiger partial charge in [-0.05, 0) is 13.8 Å². The molecule has 0 unspecified atom stereocenters. The van der Waals surface area contributed by atoms with Gasteiger partial charge in [0.15, 0.2) is 0 Å². The second-order valence-corrected chi connectivity index (χ2v) is 6.99. The largest absolute Gasteiger partial charge is 0.245 e. The van der Waals surface area contributed by atoms with Gasteiger partial charge in [0.25, 0.3) is 0 Å². The van der Waals surface area contributed by atoms with E-state index in [-0.39, 0.29) is 5.41 Å². The first kappa shape index (κ1) is 14.4. The third-order valence-electron chi connectivity index (χ3n) is 2.94. The number of nitrogens with zero attached hydrogens (tertiary/aromatic N) is 3. The molecule has 0 N–H and O–H groups in total. The zero-order chi connectivity index (χ0) is 14.2. The number of aryl methyl sites for hydroxylation is 1. The number of aromatic nitrogens is 3. The Balaban J connectivity index is 2.29. The fraction of sp³-hybridized carbons (Fsp3) is 0.500. The van der Waals surface area contributed by atoms with Crippen LogP contribution in [0.25, 0.3) is 0 Å². The molecule has 0 atom stereocenters. The molecule has 0 saturated carbocycles. The number of hydrogen-bond donors (Lipinski definition) is 0. The standard InChI is InChI=1S/C14H18ClN3S/c1-8-10(16-9(2)17-13(8)15)6-12-18-11(7-19-12)14(3,4)5/h7H,6H2,1-5H3. The SMILES string of the molecule is Cc1nc(Cl)c(C)c(Cc2nc(C(C)(C)C)cs2)n1. The molecule has 3 nitrogen and oxygen atoms in total. The molecule has 2 aromatic rings. The van der Waals surface area contributed by atoms with Gasteiger partial charge in [-0.15, -0.1) is 11.3 Å². The minimum absolute atomic E-state index is 0.0863. The molecule has 0 aliphatic heterocycles. The van der Waals surface area contributed by atoms with E-state index < -0.39 is 0 Å². The Bertz CT molecular complexity index is 599. The van der Waals surface area contributed by atoms with Gasteiger partial charge in [0.2, 0.25) is 0 Å².